The molecule has 3 aliphatic rings. The summed E-state index contributed by atoms with van der Waals surface area (Å²) in [5.41, 5.74) is 5.35. The number of benzene rings is 3. The highest BCUT2D eigenvalue weighted by Gasteiger charge is 2.47. The zero-order chi connectivity index (χ0) is 33.7. The number of hydrogen-bond acceptors (Lipinski definition) is 7. The van der Waals surface area contributed by atoms with E-state index >= 15 is 0 Å². The van der Waals surface area contributed by atoms with Crippen molar-refractivity contribution >= 4 is 11.8 Å². The van der Waals surface area contributed by atoms with Crippen LogP contribution in [-0.4, -0.2) is 84.4 Å². The summed E-state index contributed by atoms with van der Waals surface area (Å²) >= 11 is 0. The Morgan fingerprint density at radius 3 is 2.31 bits per heavy atom. The lowest BCUT2D eigenvalue weighted by molar-refractivity contribution is -0.253. The number of aliphatic hydroxyl groups excluding tert-OH is 1. The number of amides is 2. The Kier molecular flexibility index (Phi) is 10.8. The second-order valence-corrected chi connectivity index (χ2v) is 12.5. The van der Waals surface area contributed by atoms with Gasteiger partial charge in [-0.1, -0.05) is 66.7 Å². The van der Waals surface area contributed by atoms with E-state index in [1.807, 2.05) is 72.8 Å². The third-order valence-corrected chi connectivity index (χ3v) is 9.15. The van der Waals surface area contributed by atoms with E-state index in [1.54, 1.807) is 0 Å². The van der Waals surface area contributed by atoms with Gasteiger partial charge in [-0.05, 0) is 46.7 Å². The number of hydrogen-bond donors (Lipinski definition) is 2. The lowest BCUT2D eigenvalue weighted by Gasteiger charge is -2.39. The molecule has 9 nitrogen and oxygen atoms in total. The van der Waals surface area contributed by atoms with Gasteiger partial charge in [0.25, 0.3) is 0 Å². The second-order valence-electron chi connectivity index (χ2n) is 12.5. The fourth-order valence-electron chi connectivity index (χ4n) is 6.55. The number of nitrogens with one attached hydrogen (secondary N) is 1. The topological polar surface area (TPSA) is 101 Å². The molecule has 2 N–H and O–H groups in total. The third-order valence-electron chi connectivity index (χ3n) is 9.15. The molecule has 0 spiro atoms. The number of rotatable bonds is 9. The molecule has 256 valence electrons. The van der Waals surface area contributed by atoms with Crippen LogP contribution in [-0.2, 0) is 37.0 Å². The van der Waals surface area contributed by atoms with Gasteiger partial charge in [-0.3, -0.25) is 14.5 Å². The summed E-state index contributed by atoms with van der Waals surface area (Å²) in [7, 11) is 0. The van der Waals surface area contributed by atoms with E-state index in [0.29, 0.717) is 31.0 Å². The van der Waals surface area contributed by atoms with Gasteiger partial charge in [-0.2, -0.15) is 13.2 Å². The Morgan fingerprint density at radius 1 is 0.875 bits per heavy atom. The number of carbonyl (C=O) groups is 2. The van der Waals surface area contributed by atoms with Gasteiger partial charge >= 0.3 is 12.1 Å². The Bertz CT molecular complexity index is 1550. The molecule has 12 heteroatoms. The van der Waals surface area contributed by atoms with Gasteiger partial charge in [0.15, 0.2) is 6.29 Å². The minimum Gasteiger partial charge on any atom is -0.392 e. The predicted octanol–water partition coefficient (Wildman–Crippen LogP) is 4.89. The maximum Gasteiger partial charge on any atom is 0.471 e. The Labute approximate surface area is 277 Å². The normalized spacial score (nSPS) is 23.6. The first-order valence-corrected chi connectivity index (χ1v) is 16.3. The summed E-state index contributed by atoms with van der Waals surface area (Å²) in [6, 6.07) is 22.1. The number of halogens is 3. The molecule has 3 aromatic carbocycles. The van der Waals surface area contributed by atoms with Crippen LogP contribution < -0.4 is 5.32 Å². The van der Waals surface area contributed by atoms with Gasteiger partial charge < -0.3 is 29.5 Å². The fraction of sp³-hybridized carbons (Fsp3) is 0.444. The van der Waals surface area contributed by atoms with Crippen LogP contribution in [0.4, 0.5) is 13.2 Å². The molecule has 0 aromatic heterocycles. The van der Waals surface area contributed by atoms with Crippen LogP contribution in [0.15, 0.2) is 72.8 Å². The maximum absolute atomic E-state index is 13.0. The number of nitrogens with zero attached hydrogens (tertiary/aromatic N) is 2. The number of ether oxygens (including phenoxy) is 3. The van der Waals surface area contributed by atoms with Crippen molar-refractivity contribution in [3.63, 3.8) is 0 Å². The Balaban J connectivity index is 1.12. The van der Waals surface area contributed by atoms with E-state index in [1.165, 1.54) is 0 Å². The molecule has 0 radical (unpaired) electrons. The van der Waals surface area contributed by atoms with Gasteiger partial charge in [0, 0.05) is 44.7 Å². The highest BCUT2D eigenvalue weighted by Crippen LogP contribution is 2.39. The van der Waals surface area contributed by atoms with Crippen LogP contribution in [0.3, 0.4) is 0 Å². The summed E-state index contributed by atoms with van der Waals surface area (Å²) in [5, 5.41) is 12.2. The molecule has 3 saturated heterocycles. The lowest BCUT2D eigenvalue weighted by atomic mass is 9.99. The SMILES string of the molecule is O=C(NCc1cccc(-c2ccc([C@H]3O[C@@H](CN4CCOCC4)C[C@@H](c4ccc(CO)cc4)O3)cc2)c1)[C@@H]1CCCN1C(=O)C(F)(F)F. The van der Waals surface area contributed by atoms with Crippen LogP contribution in [0.25, 0.3) is 11.1 Å². The zero-order valence-electron chi connectivity index (χ0n) is 26.5. The first-order chi connectivity index (χ1) is 23.2. The quantitative estimate of drug-likeness (QED) is 0.335. The molecule has 4 atom stereocenters. The molecule has 48 heavy (non-hydrogen) atoms. The number of likely N-dealkylation sites (tertiary alicyclic amines) is 1. The molecule has 0 bridgehead atoms. The van der Waals surface area contributed by atoms with Crippen LogP contribution >= 0.6 is 0 Å². The fourth-order valence-corrected chi connectivity index (χ4v) is 6.55. The van der Waals surface area contributed by atoms with E-state index in [9.17, 15) is 27.9 Å². The molecular weight excluding hydrogens is 627 g/mol. The Hall–Kier alpha value is -3.81. The van der Waals surface area contributed by atoms with E-state index in [2.05, 4.69) is 10.2 Å². The highest BCUT2D eigenvalue weighted by molar-refractivity contribution is 5.90. The molecule has 3 aromatic rings. The van der Waals surface area contributed by atoms with Crippen molar-refractivity contribution in [1.29, 1.82) is 0 Å². The largest absolute Gasteiger partial charge is 0.471 e. The van der Waals surface area contributed by atoms with Crippen molar-refractivity contribution in [3.8, 4) is 11.1 Å². The van der Waals surface area contributed by atoms with E-state index < -0.39 is 30.3 Å². The van der Waals surface area contributed by atoms with E-state index in [-0.39, 0.29) is 38.3 Å². The average molecular weight is 668 g/mol. The molecule has 2 amide bonds. The first-order valence-electron chi connectivity index (χ1n) is 16.3. The first kappa shape index (κ1) is 34.1. The van der Waals surface area contributed by atoms with Crippen LogP contribution in [0, 0.1) is 0 Å². The van der Waals surface area contributed by atoms with Crippen molar-refractivity contribution in [2.75, 3.05) is 39.4 Å². The van der Waals surface area contributed by atoms with Gasteiger partial charge in [-0.25, -0.2) is 0 Å². The van der Waals surface area contributed by atoms with Crippen molar-refractivity contribution in [2.24, 2.45) is 0 Å². The summed E-state index contributed by atoms with van der Waals surface area (Å²) in [4.78, 5) is 27.5. The number of morpholine rings is 1. The van der Waals surface area contributed by atoms with Crippen molar-refractivity contribution in [3.05, 3.63) is 95.1 Å². The maximum atomic E-state index is 13.0. The summed E-state index contributed by atoms with van der Waals surface area (Å²) in [6.07, 6.45) is -4.60. The van der Waals surface area contributed by atoms with Gasteiger partial charge in [0.2, 0.25) is 5.91 Å². The lowest BCUT2D eigenvalue weighted by Crippen LogP contribution is -2.50. The molecule has 0 saturated carbocycles. The molecule has 0 aliphatic carbocycles. The van der Waals surface area contributed by atoms with Crippen LogP contribution in [0.1, 0.15) is 53.9 Å². The van der Waals surface area contributed by atoms with Crippen molar-refractivity contribution in [1.82, 2.24) is 15.1 Å². The zero-order valence-corrected chi connectivity index (χ0v) is 26.5. The number of alkyl halides is 3. The molecule has 3 aliphatic heterocycles. The predicted molar refractivity (Wildman–Crippen MR) is 170 cm³/mol. The van der Waals surface area contributed by atoms with Crippen molar-refractivity contribution in [2.45, 2.75) is 63.1 Å². The third kappa shape index (κ3) is 8.24. The standard InChI is InChI=1S/C36H40F3N3O6/c37-36(38,39)35(45)42-14-2-5-31(42)33(44)40-21-25-3-1-4-29(19-25)26-10-12-28(13-11-26)34-47-30(22-41-15-17-46-18-16-41)20-32(48-34)27-8-6-24(23-43)7-9-27/h1,3-4,6-13,19,30-32,34,43H,2,5,14-18,20-23H2,(H,40,44)/t30-,31+,32+,34+/m1/s1. The molecule has 0 unspecified atom stereocenters. The summed E-state index contributed by atoms with van der Waals surface area (Å²) in [5.74, 6) is -2.57. The molecule has 6 rings (SSSR count). The number of aliphatic hydroxyl groups is 1. The highest BCUT2D eigenvalue weighted by atomic mass is 19.4. The molecular formula is C36H40F3N3O6. The summed E-state index contributed by atoms with van der Waals surface area (Å²) in [6.45, 7) is 3.90. The van der Waals surface area contributed by atoms with Gasteiger partial charge in [0.1, 0.15) is 6.04 Å². The smallest absolute Gasteiger partial charge is 0.392 e. The second kappa shape index (κ2) is 15.2. The van der Waals surface area contributed by atoms with E-state index in [0.717, 1.165) is 53.0 Å². The molecule has 3 fully saturated rings. The number of carbonyl (C=O) groups excluding carboxylic acids is 2. The monoisotopic (exact) mass is 667 g/mol. The van der Waals surface area contributed by atoms with Gasteiger partial charge in [0.05, 0.1) is 32.0 Å². The van der Waals surface area contributed by atoms with E-state index in [4.69, 9.17) is 14.2 Å². The van der Waals surface area contributed by atoms with Crippen LogP contribution in [0.2, 0.25) is 0 Å². The minimum absolute atomic E-state index is 0.0200. The van der Waals surface area contributed by atoms with Crippen LogP contribution in [0.5, 0.6) is 0 Å². The minimum atomic E-state index is -5.01. The molecule has 3 heterocycles. The summed E-state index contributed by atoms with van der Waals surface area (Å²) < 4.78 is 57.5. The average Bonchev–Trinajstić information content (AvgIpc) is 3.60. The van der Waals surface area contributed by atoms with Gasteiger partial charge in [-0.15, -0.1) is 0 Å². The Morgan fingerprint density at radius 2 is 1.60 bits per heavy atom. The van der Waals surface area contributed by atoms with Crippen molar-refractivity contribution < 1.29 is 42.1 Å².